The van der Waals surface area contributed by atoms with E-state index in [1.165, 1.54) is 19.3 Å². The van der Waals surface area contributed by atoms with Crippen LogP contribution in [0.1, 0.15) is 22.3 Å². The van der Waals surface area contributed by atoms with Crippen LogP contribution in [0.2, 0.25) is 0 Å². The summed E-state index contributed by atoms with van der Waals surface area (Å²) in [7, 11) is 3.47. The molecule has 2 aromatic rings. The first kappa shape index (κ1) is 18.3. The molecule has 0 bridgehead atoms. The Morgan fingerprint density at radius 3 is 2.19 bits per heavy atom. The third-order valence-electron chi connectivity index (χ3n) is 4.70. The molecular weight excluding hydrogens is 340 g/mol. The number of nitrogens with zero attached hydrogens (tertiary/aromatic N) is 3. The van der Waals surface area contributed by atoms with Gasteiger partial charge in [0.05, 0.1) is 5.56 Å². The number of amides is 1. The van der Waals surface area contributed by atoms with Crippen LogP contribution in [0.25, 0.3) is 11.1 Å². The lowest BCUT2D eigenvalue weighted by Gasteiger charge is -2.32. The second kappa shape index (κ2) is 7.37. The SMILES string of the molecule is CN1CCN(C(=O)c2ccc(-c3cc(C(F)F)c(=O)n(C)c3)cc2)CC1. The monoisotopic (exact) mass is 361 g/mol. The Balaban J connectivity index is 1.84. The summed E-state index contributed by atoms with van der Waals surface area (Å²) in [4.78, 5) is 28.3. The van der Waals surface area contributed by atoms with E-state index in [-0.39, 0.29) is 5.91 Å². The fourth-order valence-corrected chi connectivity index (χ4v) is 3.05. The maximum atomic E-state index is 13.0. The summed E-state index contributed by atoms with van der Waals surface area (Å²) in [5.41, 5.74) is 0.531. The first-order chi connectivity index (χ1) is 12.4. The highest BCUT2D eigenvalue weighted by Gasteiger charge is 2.20. The topological polar surface area (TPSA) is 45.6 Å². The number of carbonyl (C=O) groups is 1. The normalized spacial score (nSPS) is 15.5. The number of carbonyl (C=O) groups excluding carboxylic acids is 1. The standard InChI is InChI=1S/C19H21F2N3O2/c1-22-7-9-24(10-8-22)18(25)14-5-3-13(4-6-14)15-11-16(17(20)21)19(26)23(2)12-15/h3-6,11-12,17H,7-10H2,1-2H3. The average molecular weight is 361 g/mol. The Bertz CT molecular complexity index is 854. The number of halogens is 2. The predicted molar refractivity (Wildman–Crippen MR) is 95.5 cm³/mol. The van der Waals surface area contributed by atoms with E-state index < -0.39 is 17.5 Å². The number of piperazine rings is 1. The molecular formula is C19H21F2N3O2. The van der Waals surface area contributed by atoms with Gasteiger partial charge < -0.3 is 14.4 Å². The van der Waals surface area contributed by atoms with Crippen LogP contribution in [0.15, 0.2) is 41.3 Å². The van der Waals surface area contributed by atoms with Crippen molar-refractivity contribution in [2.45, 2.75) is 6.43 Å². The first-order valence-corrected chi connectivity index (χ1v) is 8.44. The van der Waals surface area contributed by atoms with E-state index in [0.717, 1.165) is 17.7 Å². The fourth-order valence-electron chi connectivity index (χ4n) is 3.05. The lowest BCUT2D eigenvalue weighted by atomic mass is 10.0. The molecule has 0 unspecified atom stereocenters. The first-order valence-electron chi connectivity index (χ1n) is 8.44. The zero-order chi connectivity index (χ0) is 18.8. The molecule has 2 heterocycles. The van der Waals surface area contributed by atoms with E-state index >= 15 is 0 Å². The van der Waals surface area contributed by atoms with Crippen LogP contribution in [-0.4, -0.2) is 53.5 Å². The maximum Gasteiger partial charge on any atom is 0.269 e. The zero-order valence-corrected chi connectivity index (χ0v) is 14.8. The van der Waals surface area contributed by atoms with Crippen molar-refractivity contribution < 1.29 is 13.6 Å². The van der Waals surface area contributed by atoms with E-state index in [2.05, 4.69) is 4.90 Å². The highest BCUT2D eigenvalue weighted by Crippen LogP contribution is 2.24. The number of hydrogen-bond acceptors (Lipinski definition) is 3. The smallest absolute Gasteiger partial charge is 0.269 e. The molecule has 3 rings (SSSR count). The lowest BCUT2D eigenvalue weighted by molar-refractivity contribution is 0.0664. The van der Waals surface area contributed by atoms with Crippen LogP contribution in [0.3, 0.4) is 0 Å². The minimum atomic E-state index is -2.83. The Morgan fingerprint density at radius 1 is 1.00 bits per heavy atom. The molecule has 1 aromatic carbocycles. The molecule has 1 amide bonds. The molecule has 1 saturated heterocycles. The molecule has 1 aliphatic rings. The summed E-state index contributed by atoms with van der Waals surface area (Å²) in [6, 6.07) is 8.05. The molecule has 7 heteroatoms. The van der Waals surface area contributed by atoms with Gasteiger partial charge in [0.15, 0.2) is 0 Å². The molecule has 0 spiro atoms. The summed E-state index contributed by atoms with van der Waals surface area (Å²) in [5.74, 6) is -0.0293. The summed E-state index contributed by atoms with van der Waals surface area (Å²) in [5, 5.41) is 0. The van der Waals surface area contributed by atoms with E-state index in [1.807, 2.05) is 11.9 Å². The quantitative estimate of drug-likeness (QED) is 0.843. The Hall–Kier alpha value is -2.54. The van der Waals surface area contributed by atoms with Crippen LogP contribution >= 0.6 is 0 Å². The molecule has 5 nitrogen and oxygen atoms in total. The van der Waals surface area contributed by atoms with Gasteiger partial charge in [-0.25, -0.2) is 8.78 Å². The number of aromatic nitrogens is 1. The van der Waals surface area contributed by atoms with E-state index in [4.69, 9.17) is 0 Å². The Labute approximate surface area is 150 Å². The summed E-state index contributed by atoms with van der Waals surface area (Å²) < 4.78 is 27.2. The molecule has 1 fully saturated rings. The molecule has 0 atom stereocenters. The van der Waals surface area contributed by atoms with Crippen LogP contribution in [-0.2, 0) is 7.05 Å². The third kappa shape index (κ3) is 3.67. The second-order valence-electron chi connectivity index (χ2n) is 6.57. The highest BCUT2D eigenvalue weighted by atomic mass is 19.3. The summed E-state index contributed by atoms with van der Waals surface area (Å²) >= 11 is 0. The zero-order valence-electron chi connectivity index (χ0n) is 14.8. The molecule has 0 aliphatic carbocycles. The largest absolute Gasteiger partial charge is 0.336 e. The average Bonchev–Trinajstić information content (AvgIpc) is 2.64. The van der Waals surface area contributed by atoms with Gasteiger partial charge in [-0.2, -0.15) is 0 Å². The number of hydrogen-bond donors (Lipinski definition) is 0. The second-order valence-corrected chi connectivity index (χ2v) is 6.57. The van der Waals surface area contributed by atoms with Crippen LogP contribution in [0.5, 0.6) is 0 Å². The molecule has 26 heavy (non-hydrogen) atoms. The van der Waals surface area contributed by atoms with Gasteiger partial charge >= 0.3 is 0 Å². The van der Waals surface area contributed by atoms with Crippen molar-refractivity contribution in [1.29, 1.82) is 0 Å². The maximum absolute atomic E-state index is 13.0. The Morgan fingerprint density at radius 2 is 1.62 bits per heavy atom. The van der Waals surface area contributed by atoms with Crippen molar-refractivity contribution in [3.05, 3.63) is 58.0 Å². The van der Waals surface area contributed by atoms with Crippen molar-refractivity contribution in [3.63, 3.8) is 0 Å². The van der Waals surface area contributed by atoms with Gasteiger partial charge in [-0.1, -0.05) is 12.1 Å². The predicted octanol–water partition coefficient (Wildman–Crippen LogP) is 2.38. The van der Waals surface area contributed by atoms with E-state index in [9.17, 15) is 18.4 Å². The molecule has 1 aromatic heterocycles. The number of alkyl halides is 2. The molecule has 0 saturated carbocycles. The highest BCUT2D eigenvalue weighted by molar-refractivity contribution is 5.94. The molecule has 0 radical (unpaired) electrons. The van der Waals surface area contributed by atoms with E-state index in [1.54, 1.807) is 24.3 Å². The van der Waals surface area contributed by atoms with Gasteiger partial charge in [-0.15, -0.1) is 0 Å². The van der Waals surface area contributed by atoms with Gasteiger partial charge in [-0.3, -0.25) is 9.59 Å². The van der Waals surface area contributed by atoms with Gasteiger partial charge in [0.2, 0.25) is 0 Å². The summed E-state index contributed by atoms with van der Waals surface area (Å²) in [6.45, 7) is 3.07. The van der Waals surface area contributed by atoms with Gasteiger partial charge in [-0.05, 0) is 36.4 Å². The minimum absolute atomic E-state index is 0.0293. The van der Waals surface area contributed by atoms with E-state index in [0.29, 0.717) is 29.8 Å². The molecule has 138 valence electrons. The minimum Gasteiger partial charge on any atom is -0.336 e. The van der Waals surface area contributed by atoms with Crippen LogP contribution in [0.4, 0.5) is 8.78 Å². The van der Waals surface area contributed by atoms with Gasteiger partial charge in [0.1, 0.15) is 0 Å². The fraction of sp³-hybridized carbons (Fsp3) is 0.368. The van der Waals surface area contributed by atoms with Crippen LogP contribution in [0, 0.1) is 0 Å². The molecule has 0 N–H and O–H groups in total. The number of aryl methyl sites for hydroxylation is 1. The number of likely N-dealkylation sites (N-methyl/N-ethyl adjacent to an activating group) is 1. The van der Waals surface area contributed by atoms with Crippen molar-refractivity contribution >= 4 is 5.91 Å². The van der Waals surface area contributed by atoms with Crippen molar-refractivity contribution in [2.75, 3.05) is 33.2 Å². The van der Waals surface area contributed by atoms with Crippen molar-refractivity contribution in [1.82, 2.24) is 14.4 Å². The number of benzene rings is 1. The summed E-state index contributed by atoms with van der Waals surface area (Å²) in [6.07, 6.45) is -1.31. The Kier molecular flexibility index (Phi) is 5.18. The van der Waals surface area contributed by atoms with Gasteiger partial charge in [0.25, 0.3) is 17.9 Å². The van der Waals surface area contributed by atoms with Crippen molar-refractivity contribution in [3.8, 4) is 11.1 Å². The molecule has 1 aliphatic heterocycles. The number of pyridine rings is 1. The van der Waals surface area contributed by atoms with Crippen LogP contribution < -0.4 is 5.56 Å². The lowest BCUT2D eigenvalue weighted by Crippen LogP contribution is -2.47. The number of rotatable bonds is 3. The third-order valence-corrected chi connectivity index (χ3v) is 4.70. The van der Waals surface area contributed by atoms with Crippen molar-refractivity contribution in [2.24, 2.45) is 7.05 Å². The van der Waals surface area contributed by atoms with Gasteiger partial charge in [0, 0.05) is 45.0 Å².